The monoisotopic (exact) mass is 406 g/mol. The summed E-state index contributed by atoms with van der Waals surface area (Å²) in [5, 5.41) is 7.10. The predicted molar refractivity (Wildman–Crippen MR) is 115 cm³/mol. The molecule has 0 bridgehead atoms. The molecule has 7 heteroatoms. The highest BCUT2D eigenvalue weighted by Crippen LogP contribution is 2.21. The first-order valence-electron chi connectivity index (χ1n) is 8.85. The minimum atomic E-state index is -0.488. The predicted octanol–water partition coefficient (Wildman–Crippen LogP) is 4.37. The number of amides is 2. The average Bonchev–Trinajstić information content (AvgIpc) is 2.72. The van der Waals surface area contributed by atoms with Crippen LogP contribution >= 0.6 is 11.6 Å². The summed E-state index contributed by atoms with van der Waals surface area (Å²) in [6, 6.07) is 13.7. The van der Waals surface area contributed by atoms with E-state index in [0.29, 0.717) is 16.3 Å². The Balaban J connectivity index is 1.75. The summed E-state index contributed by atoms with van der Waals surface area (Å²) in [5.74, 6) is -0.847. The van der Waals surface area contributed by atoms with Gasteiger partial charge in [0.1, 0.15) is 0 Å². The van der Waals surface area contributed by atoms with Crippen molar-refractivity contribution in [2.75, 3.05) is 5.32 Å². The van der Waals surface area contributed by atoms with E-state index in [-0.39, 0.29) is 11.5 Å². The molecule has 3 rings (SSSR count). The maximum Gasteiger partial charge on any atom is 0.273 e. The van der Waals surface area contributed by atoms with E-state index in [9.17, 15) is 9.59 Å². The maximum absolute atomic E-state index is 12.6. The van der Waals surface area contributed by atoms with Gasteiger partial charge in [-0.2, -0.15) is 5.10 Å². The van der Waals surface area contributed by atoms with E-state index in [1.54, 1.807) is 30.5 Å². The lowest BCUT2D eigenvalue weighted by Gasteiger charge is -2.10. The molecule has 0 aliphatic heterocycles. The topological polar surface area (TPSA) is 83.5 Å². The van der Waals surface area contributed by atoms with Crippen molar-refractivity contribution in [3.05, 3.63) is 93.8 Å². The van der Waals surface area contributed by atoms with Gasteiger partial charge in [0, 0.05) is 23.0 Å². The molecule has 0 saturated carbocycles. The van der Waals surface area contributed by atoms with E-state index in [0.717, 1.165) is 11.1 Å². The van der Waals surface area contributed by atoms with Gasteiger partial charge in [0.25, 0.3) is 11.8 Å². The number of carbonyl (C=O) groups excluding carboxylic acids is 2. The molecule has 146 valence electrons. The Morgan fingerprint density at radius 1 is 0.966 bits per heavy atom. The number of hydrazone groups is 1. The highest BCUT2D eigenvalue weighted by molar-refractivity contribution is 6.31. The third-order valence-corrected chi connectivity index (χ3v) is 4.56. The van der Waals surface area contributed by atoms with Gasteiger partial charge >= 0.3 is 0 Å². The molecular weight excluding hydrogens is 388 g/mol. The number of hydrogen-bond acceptors (Lipinski definition) is 4. The highest BCUT2D eigenvalue weighted by atomic mass is 35.5. The number of rotatable bonds is 5. The van der Waals surface area contributed by atoms with Gasteiger partial charge in [0.2, 0.25) is 0 Å². The number of nitrogens with one attached hydrogen (secondary N) is 2. The van der Waals surface area contributed by atoms with Crippen LogP contribution in [0.2, 0.25) is 5.02 Å². The Labute approximate surface area is 173 Å². The summed E-state index contributed by atoms with van der Waals surface area (Å²) in [6.45, 7) is 4.04. The summed E-state index contributed by atoms with van der Waals surface area (Å²) < 4.78 is 0. The first-order chi connectivity index (χ1) is 13.9. The Morgan fingerprint density at radius 2 is 1.72 bits per heavy atom. The van der Waals surface area contributed by atoms with E-state index >= 15 is 0 Å². The molecule has 0 aliphatic carbocycles. The van der Waals surface area contributed by atoms with Gasteiger partial charge in [-0.1, -0.05) is 29.8 Å². The van der Waals surface area contributed by atoms with Gasteiger partial charge in [-0.05, 0) is 60.9 Å². The van der Waals surface area contributed by atoms with E-state index in [4.69, 9.17) is 11.6 Å². The molecule has 0 spiro atoms. The Hall–Kier alpha value is -3.51. The van der Waals surface area contributed by atoms with E-state index in [2.05, 4.69) is 20.8 Å². The number of aromatic nitrogens is 1. The number of benzene rings is 2. The van der Waals surface area contributed by atoms with Crippen LogP contribution in [0, 0.1) is 13.8 Å². The molecule has 0 unspecified atom stereocenters. The lowest BCUT2D eigenvalue weighted by molar-refractivity contribution is 0.0956. The second-order valence-electron chi connectivity index (χ2n) is 6.42. The van der Waals surface area contributed by atoms with Gasteiger partial charge in [-0.3, -0.25) is 14.6 Å². The fourth-order valence-corrected chi connectivity index (χ4v) is 2.75. The Kier molecular flexibility index (Phi) is 6.36. The zero-order chi connectivity index (χ0) is 20.8. The number of carbonyl (C=O) groups is 2. The van der Waals surface area contributed by atoms with Crippen LogP contribution in [-0.2, 0) is 0 Å². The highest BCUT2D eigenvalue weighted by Gasteiger charge is 2.15. The molecule has 29 heavy (non-hydrogen) atoms. The van der Waals surface area contributed by atoms with Gasteiger partial charge in [0.05, 0.1) is 17.5 Å². The van der Waals surface area contributed by atoms with Crippen LogP contribution in [0.4, 0.5) is 5.69 Å². The van der Waals surface area contributed by atoms with Crippen LogP contribution in [-0.4, -0.2) is 23.0 Å². The SMILES string of the molecule is Cc1ccc(/C=N/NC(=O)c2cc(Cl)ccc2NC(=O)c2ccncc2)cc1C. The molecule has 1 heterocycles. The second-order valence-corrected chi connectivity index (χ2v) is 6.86. The molecule has 1 aromatic heterocycles. The van der Waals surface area contributed by atoms with Crippen LogP contribution in [0.15, 0.2) is 66.0 Å². The minimum Gasteiger partial charge on any atom is -0.321 e. The van der Waals surface area contributed by atoms with E-state index in [1.807, 2.05) is 32.0 Å². The molecule has 2 N–H and O–H groups in total. The summed E-state index contributed by atoms with van der Waals surface area (Å²) in [7, 11) is 0. The minimum absolute atomic E-state index is 0.206. The first-order valence-corrected chi connectivity index (χ1v) is 9.23. The zero-order valence-corrected chi connectivity index (χ0v) is 16.7. The average molecular weight is 407 g/mol. The molecule has 2 amide bonds. The van der Waals surface area contributed by atoms with Crippen LogP contribution in [0.25, 0.3) is 0 Å². The number of hydrogen-bond donors (Lipinski definition) is 2. The van der Waals surface area contributed by atoms with Gasteiger partial charge in [0.15, 0.2) is 0 Å². The first kappa shape index (κ1) is 20.2. The van der Waals surface area contributed by atoms with Gasteiger partial charge in [-0.25, -0.2) is 5.43 Å². The number of anilines is 1. The van der Waals surface area contributed by atoms with Crippen molar-refractivity contribution in [2.24, 2.45) is 5.10 Å². The Bertz CT molecular complexity index is 1080. The molecule has 0 radical (unpaired) electrons. The summed E-state index contributed by atoms with van der Waals surface area (Å²) in [4.78, 5) is 28.9. The number of nitrogens with zero attached hydrogens (tertiary/aromatic N) is 2. The van der Waals surface area contributed by atoms with Crippen molar-refractivity contribution in [2.45, 2.75) is 13.8 Å². The summed E-state index contributed by atoms with van der Waals surface area (Å²) >= 11 is 6.04. The molecule has 3 aromatic rings. The number of pyridine rings is 1. The van der Waals surface area contributed by atoms with Crippen molar-refractivity contribution < 1.29 is 9.59 Å². The van der Waals surface area contributed by atoms with Crippen molar-refractivity contribution in [3.8, 4) is 0 Å². The van der Waals surface area contributed by atoms with Crippen molar-refractivity contribution in [1.29, 1.82) is 0 Å². The zero-order valence-electron chi connectivity index (χ0n) is 15.9. The lowest BCUT2D eigenvalue weighted by atomic mass is 10.1. The molecule has 0 aliphatic rings. The van der Waals surface area contributed by atoms with Crippen LogP contribution in [0.3, 0.4) is 0 Å². The normalized spacial score (nSPS) is 10.7. The van der Waals surface area contributed by atoms with E-state index < -0.39 is 5.91 Å². The number of halogens is 1. The molecule has 6 nitrogen and oxygen atoms in total. The number of aryl methyl sites for hydroxylation is 2. The fraction of sp³-hybridized carbons (Fsp3) is 0.0909. The molecule has 2 aromatic carbocycles. The molecule has 0 fully saturated rings. The van der Waals surface area contributed by atoms with Crippen LogP contribution in [0.1, 0.15) is 37.4 Å². The quantitative estimate of drug-likeness (QED) is 0.487. The summed E-state index contributed by atoms with van der Waals surface area (Å²) in [5.41, 5.74) is 6.61. The maximum atomic E-state index is 12.6. The summed E-state index contributed by atoms with van der Waals surface area (Å²) in [6.07, 6.45) is 4.60. The third-order valence-electron chi connectivity index (χ3n) is 4.33. The van der Waals surface area contributed by atoms with Gasteiger partial charge < -0.3 is 5.32 Å². The fourth-order valence-electron chi connectivity index (χ4n) is 2.58. The molecule has 0 atom stereocenters. The van der Waals surface area contributed by atoms with Crippen molar-refractivity contribution >= 4 is 35.3 Å². The lowest BCUT2D eigenvalue weighted by Crippen LogP contribution is -2.21. The Morgan fingerprint density at radius 3 is 2.45 bits per heavy atom. The molecular formula is C22H19ClN4O2. The van der Waals surface area contributed by atoms with Crippen molar-refractivity contribution in [1.82, 2.24) is 10.4 Å². The smallest absolute Gasteiger partial charge is 0.273 e. The van der Waals surface area contributed by atoms with Crippen molar-refractivity contribution in [3.63, 3.8) is 0 Å². The van der Waals surface area contributed by atoms with E-state index in [1.165, 1.54) is 24.0 Å². The van der Waals surface area contributed by atoms with Crippen LogP contribution < -0.4 is 10.7 Å². The van der Waals surface area contributed by atoms with Crippen LogP contribution in [0.5, 0.6) is 0 Å². The van der Waals surface area contributed by atoms with Gasteiger partial charge in [-0.15, -0.1) is 0 Å². The third kappa shape index (κ3) is 5.27. The largest absolute Gasteiger partial charge is 0.321 e. The second kappa shape index (κ2) is 9.12. The molecule has 0 saturated heterocycles. The standard InChI is InChI=1S/C22H19ClN4O2/c1-14-3-4-16(11-15(14)2)13-25-27-22(29)19-12-18(23)5-6-20(19)26-21(28)17-7-9-24-10-8-17/h3-13H,1-2H3,(H,26,28)(H,27,29)/b25-13+.